The van der Waals surface area contributed by atoms with Crippen molar-refractivity contribution >= 4 is 55.9 Å². The Hall–Kier alpha value is -8.34. The van der Waals surface area contributed by atoms with E-state index in [4.69, 9.17) is 15.0 Å². The lowest BCUT2D eigenvalue weighted by molar-refractivity contribution is 1.07. The van der Waals surface area contributed by atoms with Crippen molar-refractivity contribution in [1.29, 1.82) is 5.26 Å². The van der Waals surface area contributed by atoms with E-state index < -0.39 is 0 Å². The van der Waals surface area contributed by atoms with Gasteiger partial charge in [0.05, 0.1) is 45.0 Å². The minimum atomic E-state index is 0.496. The highest BCUT2D eigenvalue weighted by molar-refractivity contribution is 6.15. The fraction of sp³-hybridized carbons (Fsp3) is 0. The summed E-state index contributed by atoms with van der Waals surface area (Å²) in [6.45, 7) is 0. The summed E-state index contributed by atoms with van der Waals surface area (Å²) >= 11 is 0. The van der Waals surface area contributed by atoms with Crippen LogP contribution in [0.4, 0.5) is 34.1 Å². The van der Waals surface area contributed by atoms with E-state index in [1.807, 2.05) is 84.9 Å². The Morgan fingerprint density at radius 2 is 0.831 bits per heavy atom. The highest BCUT2D eigenvalue weighted by Gasteiger charge is 2.32. The van der Waals surface area contributed by atoms with E-state index in [2.05, 4.69) is 136 Å². The number of aromatic nitrogens is 4. The Labute approximate surface area is 341 Å². The first-order valence-corrected chi connectivity index (χ1v) is 19.5. The molecule has 7 heteroatoms. The van der Waals surface area contributed by atoms with Crippen LogP contribution < -0.4 is 9.80 Å². The second-order valence-electron chi connectivity index (χ2n) is 14.4. The smallest absolute Gasteiger partial charge is 0.164 e. The molecule has 3 heterocycles. The van der Waals surface area contributed by atoms with E-state index in [-0.39, 0.29) is 0 Å². The third-order valence-corrected chi connectivity index (χ3v) is 11.0. The molecule has 0 radical (unpaired) electrons. The molecule has 2 aromatic heterocycles. The van der Waals surface area contributed by atoms with Crippen molar-refractivity contribution in [3.63, 3.8) is 0 Å². The van der Waals surface area contributed by atoms with Gasteiger partial charge in [0.15, 0.2) is 17.5 Å². The standard InChI is InChI=1S/C52H33N7/c53-34-38-31-37(52-55-50(35-17-5-1-6-18-35)54-51(56-52)36-19-7-2-8-20-36)29-30-43(38)59-44-26-14-13-25-41(44)42-32-48-49(33-47(42)59)58(40-23-11-4-12-24-40)46-28-16-15-27-45(46)57(48)39-21-9-3-10-22-39/h1-33H. The average Bonchev–Trinajstić information content (AvgIpc) is 3.63. The first-order valence-electron chi connectivity index (χ1n) is 19.5. The SMILES string of the molecule is N#Cc1cc(-c2nc(-c3ccccc3)nc(-c3ccccc3)n2)ccc1-n1c2ccccc2c2cc3c(cc21)N(c1ccccc1)c1ccccc1N3c1ccccc1. The molecule has 0 N–H and O–H groups in total. The molecule has 1 aliphatic heterocycles. The van der Waals surface area contributed by atoms with Crippen LogP contribution in [0.25, 0.3) is 61.7 Å². The Morgan fingerprint density at radius 3 is 1.39 bits per heavy atom. The van der Waals surface area contributed by atoms with Gasteiger partial charge in [0, 0.05) is 38.8 Å². The average molecular weight is 756 g/mol. The zero-order chi connectivity index (χ0) is 39.3. The van der Waals surface area contributed by atoms with E-state index >= 15 is 0 Å². The van der Waals surface area contributed by atoms with E-state index in [9.17, 15) is 5.26 Å². The van der Waals surface area contributed by atoms with Crippen molar-refractivity contribution < 1.29 is 0 Å². The zero-order valence-electron chi connectivity index (χ0n) is 31.7. The number of rotatable bonds is 6. The van der Waals surface area contributed by atoms with Gasteiger partial charge in [-0.2, -0.15) is 5.26 Å². The van der Waals surface area contributed by atoms with Crippen molar-refractivity contribution in [3.8, 4) is 45.9 Å². The minimum Gasteiger partial charge on any atom is -0.308 e. The minimum absolute atomic E-state index is 0.496. The van der Waals surface area contributed by atoms with E-state index in [1.165, 1.54) is 0 Å². The molecule has 0 atom stereocenters. The molecular formula is C52H33N7. The summed E-state index contributed by atoms with van der Waals surface area (Å²) in [5.74, 6) is 1.63. The zero-order valence-corrected chi connectivity index (χ0v) is 31.7. The molecule has 0 fully saturated rings. The maximum Gasteiger partial charge on any atom is 0.164 e. The molecule has 1 aliphatic rings. The maximum atomic E-state index is 10.9. The van der Waals surface area contributed by atoms with Crippen LogP contribution in [0.15, 0.2) is 200 Å². The van der Waals surface area contributed by atoms with Crippen LogP contribution in [0.1, 0.15) is 5.56 Å². The van der Waals surface area contributed by atoms with E-state index in [0.29, 0.717) is 23.0 Å². The Kier molecular flexibility index (Phi) is 8.05. The monoisotopic (exact) mass is 755 g/mol. The molecule has 0 saturated carbocycles. The van der Waals surface area contributed by atoms with Crippen molar-refractivity contribution in [2.45, 2.75) is 0 Å². The second-order valence-corrected chi connectivity index (χ2v) is 14.4. The second kappa shape index (κ2) is 14.0. The highest BCUT2D eigenvalue weighted by atomic mass is 15.3. The molecule has 0 aliphatic carbocycles. The first-order chi connectivity index (χ1) is 29.2. The number of hydrogen-bond donors (Lipinski definition) is 0. The van der Waals surface area contributed by atoms with Gasteiger partial charge in [0.1, 0.15) is 6.07 Å². The van der Waals surface area contributed by atoms with Gasteiger partial charge < -0.3 is 14.4 Å². The predicted octanol–water partition coefficient (Wildman–Crippen LogP) is 13.1. The maximum absolute atomic E-state index is 10.9. The van der Waals surface area contributed by atoms with Crippen LogP contribution in [0, 0.1) is 11.3 Å². The van der Waals surface area contributed by atoms with E-state index in [1.54, 1.807) is 0 Å². The highest BCUT2D eigenvalue weighted by Crippen LogP contribution is 2.55. The third kappa shape index (κ3) is 5.70. The Balaban J connectivity index is 1.14. The molecule has 11 rings (SSSR count). The number of fused-ring (bicyclic) bond motifs is 5. The molecule has 8 aromatic carbocycles. The molecule has 276 valence electrons. The molecule has 59 heavy (non-hydrogen) atoms. The molecular weight excluding hydrogens is 723 g/mol. The summed E-state index contributed by atoms with van der Waals surface area (Å²) in [4.78, 5) is 19.5. The topological polar surface area (TPSA) is 73.9 Å². The van der Waals surface area contributed by atoms with Gasteiger partial charge in [-0.3, -0.25) is 0 Å². The number of para-hydroxylation sites is 5. The van der Waals surface area contributed by atoms with Crippen LogP contribution in [-0.4, -0.2) is 19.5 Å². The lowest BCUT2D eigenvalue weighted by Crippen LogP contribution is -2.24. The number of benzene rings is 8. The lowest BCUT2D eigenvalue weighted by atomic mass is 10.0. The number of anilines is 6. The van der Waals surface area contributed by atoms with Crippen LogP contribution in [0.2, 0.25) is 0 Å². The molecule has 0 spiro atoms. The van der Waals surface area contributed by atoms with Gasteiger partial charge >= 0.3 is 0 Å². The molecule has 7 nitrogen and oxygen atoms in total. The van der Waals surface area contributed by atoms with Crippen molar-refractivity contribution in [1.82, 2.24) is 19.5 Å². The Morgan fingerprint density at radius 1 is 0.356 bits per heavy atom. The molecule has 0 amide bonds. The van der Waals surface area contributed by atoms with Gasteiger partial charge in [-0.05, 0) is 72.8 Å². The number of nitrogens with zero attached hydrogens (tertiary/aromatic N) is 7. The lowest BCUT2D eigenvalue weighted by Gasteiger charge is -2.40. The largest absolute Gasteiger partial charge is 0.308 e. The van der Waals surface area contributed by atoms with Crippen molar-refractivity contribution in [2.75, 3.05) is 9.80 Å². The molecule has 0 bridgehead atoms. The fourth-order valence-corrected chi connectivity index (χ4v) is 8.32. The number of hydrogen-bond acceptors (Lipinski definition) is 6. The first kappa shape index (κ1) is 34.0. The van der Waals surface area contributed by atoms with E-state index in [0.717, 1.165) is 78.3 Å². The van der Waals surface area contributed by atoms with Gasteiger partial charge in [-0.1, -0.05) is 127 Å². The Bertz CT molecular complexity index is 3170. The van der Waals surface area contributed by atoms with Gasteiger partial charge in [0.25, 0.3) is 0 Å². The number of nitriles is 1. The summed E-state index contributed by atoms with van der Waals surface area (Å²) in [7, 11) is 0. The molecule has 0 unspecified atom stereocenters. The summed E-state index contributed by atoms with van der Waals surface area (Å²) in [5, 5.41) is 13.1. The van der Waals surface area contributed by atoms with Crippen LogP contribution in [0.3, 0.4) is 0 Å². The summed E-state index contributed by atoms with van der Waals surface area (Å²) in [5.41, 5.74) is 12.1. The molecule has 0 saturated heterocycles. The van der Waals surface area contributed by atoms with Crippen molar-refractivity contribution in [3.05, 3.63) is 206 Å². The molecule has 10 aromatic rings. The van der Waals surface area contributed by atoms with Gasteiger partial charge in [-0.25, -0.2) is 15.0 Å². The van der Waals surface area contributed by atoms with Crippen molar-refractivity contribution in [2.24, 2.45) is 0 Å². The van der Waals surface area contributed by atoms with Crippen LogP contribution in [-0.2, 0) is 0 Å². The van der Waals surface area contributed by atoms with Crippen LogP contribution in [0.5, 0.6) is 0 Å². The predicted molar refractivity (Wildman–Crippen MR) is 238 cm³/mol. The summed E-state index contributed by atoms with van der Waals surface area (Å²) in [6, 6.07) is 70.9. The normalized spacial score (nSPS) is 12.0. The fourth-order valence-electron chi connectivity index (χ4n) is 8.32. The summed E-state index contributed by atoms with van der Waals surface area (Å²) in [6.07, 6.45) is 0. The third-order valence-electron chi connectivity index (χ3n) is 11.0. The van der Waals surface area contributed by atoms with Crippen LogP contribution >= 0.6 is 0 Å². The van der Waals surface area contributed by atoms with Gasteiger partial charge in [0.2, 0.25) is 0 Å². The summed E-state index contributed by atoms with van der Waals surface area (Å²) < 4.78 is 2.22. The quantitative estimate of drug-likeness (QED) is 0.168. The van der Waals surface area contributed by atoms with Gasteiger partial charge in [-0.15, -0.1) is 0 Å².